The molecule has 2 aromatic rings. The van der Waals surface area contributed by atoms with Gasteiger partial charge in [0.25, 0.3) is 0 Å². The fourth-order valence-electron chi connectivity index (χ4n) is 1.85. The van der Waals surface area contributed by atoms with Crippen molar-refractivity contribution in [2.24, 2.45) is 0 Å². The first-order valence-electron chi connectivity index (χ1n) is 6.26. The number of fused-ring (bicyclic) bond motifs is 1. The Morgan fingerprint density at radius 1 is 1.39 bits per heavy atom. The van der Waals surface area contributed by atoms with E-state index in [9.17, 15) is 4.79 Å². The summed E-state index contributed by atoms with van der Waals surface area (Å²) in [5, 5.41) is 0. The summed E-state index contributed by atoms with van der Waals surface area (Å²) in [6.07, 6.45) is 1.49. The number of carbonyl (C=O) groups is 1. The first kappa shape index (κ1) is 12.8. The van der Waals surface area contributed by atoms with E-state index in [0.717, 1.165) is 28.8 Å². The molecule has 0 saturated carbocycles. The summed E-state index contributed by atoms with van der Waals surface area (Å²) in [6.45, 7) is 8.27. The number of aromatic nitrogens is 1. The van der Waals surface area contributed by atoms with Gasteiger partial charge in [-0.1, -0.05) is 33.8 Å². The second-order valence-electron chi connectivity index (χ2n) is 5.80. The maximum atomic E-state index is 10.6. The van der Waals surface area contributed by atoms with Crippen molar-refractivity contribution in [2.45, 2.75) is 45.4 Å². The van der Waals surface area contributed by atoms with Crippen LogP contribution in [-0.4, -0.2) is 11.3 Å². The molecule has 0 aliphatic rings. The van der Waals surface area contributed by atoms with Crippen molar-refractivity contribution in [3.63, 3.8) is 0 Å². The molecule has 2 rings (SSSR count). The SMILES string of the molecule is CC(CC=O)c1ccc2oc(C(C)(C)C)nc2c1. The maximum absolute atomic E-state index is 10.6. The van der Waals surface area contributed by atoms with Crippen LogP contribution in [0.4, 0.5) is 0 Å². The molecule has 0 aliphatic heterocycles. The molecule has 1 heterocycles. The Morgan fingerprint density at radius 2 is 2.11 bits per heavy atom. The van der Waals surface area contributed by atoms with Crippen LogP contribution in [0, 0.1) is 0 Å². The van der Waals surface area contributed by atoms with E-state index in [1.54, 1.807) is 0 Å². The normalized spacial score (nSPS) is 13.8. The van der Waals surface area contributed by atoms with E-state index in [0.29, 0.717) is 6.42 Å². The molecule has 0 aliphatic carbocycles. The van der Waals surface area contributed by atoms with Gasteiger partial charge < -0.3 is 9.21 Å². The average molecular weight is 245 g/mol. The Morgan fingerprint density at radius 3 is 2.72 bits per heavy atom. The Kier molecular flexibility index (Phi) is 3.24. The van der Waals surface area contributed by atoms with Crippen LogP contribution in [0.1, 0.15) is 51.5 Å². The smallest absolute Gasteiger partial charge is 0.200 e. The van der Waals surface area contributed by atoms with Crippen molar-refractivity contribution in [3.8, 4) is 0 Å². The standard InChI is InChI=1S/C15H19NO2/c1-10(7-8-17)11-5-6-13-12(9-11)16-14(18-13)15(2,3)4/h5-6,8-10H,7H2,1-4H3. The van der Waals surface area contributed by atoms with Crippen molar-refractivity contribution < 1.29 is 9.21 Å². The number of oxazole rings is 1. The molecule has 1 aromatic carbocycles. The van der Waals surface area contributed by atoms with Gasteiger partial charge in [-0.3, -0.25) is 0 Å². The number of nitrogens with zero attached hydrogens (tertiary/aromatic N) is 1. The van der Waals surface area contributed by atoms with E-state index in [4.69, 9.17) is 4.42 Å². The fourth-order valence-corrected chi connectivity index (χ4v) is 1.85. The minimum atomic E-state index is -0.0897. The highest BCUT2D eigenvalue weighted by Crippen LogP contribution is 2.28. The fraction of sp³-hybridized carbons (Fsp3) is 0.467. The molecule has 3 nitrogen and oxygen atoms in total. The van der Waals surface area contributed by atoms with Crippen LogP contribution in [0.2, 0.25) is 0 Å². The summed E-state index contributed by atoms with van der Waals surface area (Å²) in [6, 6.07) is 5.96. The monoisotopic (exact) mass is 245 g/mol. The molecule has 96 valence electrons. The van der Waals surface area contributed by atoms with E-state index in [-0.39, 0.29) is 11.3 Å². The summed E-state index contributed by atoms with van der Waals surface area (Å²) in [5.41, 5.74) is 2.72. The van der Waals surface area contributed by atoms with Gasteiger partial charge in [0, 0.05) is 11.8 Å². The number of hydrogen-bond donors (Lipinski definition) is 0. The molecule has 1 atom stereocenters. The largest absolute Gasteiger partial charge is 0.440 e. The molecule has 0 fully saturated rings. The van der Waals surface area contributed by atoms with Crippen molar-refractivity contribution in [2.75, 3.05) is 0 Å². The van der Waals surface area contributed by atoms with Crippen LogP contribution in [0.15, 0.2) is 22.6 Å². The third kappa shape index (κ3) is 2.45. The number of hydrogen-bond acceptors (Lipinski definition) is 3. The Hall–Kier alpha value is -1.64. The van der Waals surface area contributed by atoms with Gasteiger partial charge in [0.1, 0.15) is 11.8 Å². The Balaban J connectivity index is 2.42. The van der Waals surface area contributed by atoms with Crippen LogP contribution in [0.5, 0.6) is 0 Å². The highest BCUT2D eigenvalue weighted by molar-refractivity contribution is 5.74. The zero-order valence-electron chi connectivity index (χ0n) is 11.4. The van der Waals surface area contributed by atoms with Crippen molar-refractivity contribution >= 4 is 17.4 Å². The third-order valence-electron chi connectivity index (χ3n) is 3.07. The topological polar surface area (TPSA) is 43.1 Å². The van der Waals surface area contributed by atoms with Gasteiger partial charge in [-0.2, -0.15) is 0 Å². The summed E-state index contributed by atoms with van der Waals surface area (Å²) in [5.74, 6) is 0.972. The number of aldehydes is 1. The van der Waals surface area contributed by atoms with Crippen LogP contribution in [-0.2, 0) is 10.2 Å². The van der Waals surface area contributed by atoms with E-state index >= 15 is 0 Å². The molecule has 0 saturated heterocycles. The first-order chi connectivity index (χ1) is 8.41. The van der Waals surface area contributed by atoms with E-state index in [1.165, 1.54) is 0 Å². The molecular weight excluding hydrogens is 226 g/mol. The predicted molar refractivity (Wildman–Crippen MR) is 71.8 cm³/mol. The first-order valence-corrected chi connectivity index (χ1v) is 6.26. The molecule has 3 heteroatoms. The second-order valence-corrected chi connectivity index (χ2v) is 5.80. The van der Waals surface area contributed by atoms with E-state index in [2.05, 4.69) is 25.8 Å². The lowest BCUT2D eigenvalue weighted by molar-refractivity contribution is -0.108. The van der Waals surface area contributed by atoms with E-state index < -0.39 is 0 Å². The average Bonchev–Trinajstić information content (AvgIpc) is 2.71. The highest BCUT2D eigenvalue weighted by Gasteiger charge is 2.21. The van der Waals surface area contributed by atoms with E-state index in [1.807, 2.05) is 25.1 Å². The molecule has 0 amide bonds. The molecule has 0 radical (unpaired) electrons. The van der Waals surface area contributed by atoms with Crippen molar-refractivity contribution in [1.29, 1.82) is 0 Å². The number of rotatable bonds is 3. The minimum absolute atomic E-state index is 0.0897. The summed E-state index contributed by atoms with van der Waals surface area (Å²) in [4.78, 5) is 15.1. The minimum Gasteiger partial charge on any atom is -0.440 e. The lowest BCUT2D eigenvalue weighted by Crippen LogP contribution is -2.10. The maximum Gasteiger partial charge on any atom is 0.200 e. The summed E-state index contributed by atoms with van der Waals surface area (Å²) < 4.78 is 5.75. The van der Waals surface area contributed by atoms with Gasteiger partial charge in [-0.05, 0) is 23.6 Å². The molecule has 1 aromatic heterocycles. The molecule has 0 N–H and O–H groups in total. The highest BCUT2D eigenvalue weighted by atomic mass is 16.3. The molecule has 0 bridgehead atoms. The zero-order chi connectivity index (χ0) is 13.3. The van der Waals surface area contributed by atoms with Gasteiger partial charge in [-0.25, -0.2) is 4.98 Å². The molecule has 1 unspecified atom stereocenters. The van der Waals surface area contributed by atoms with Gasteiger partial charge in [-0.15, -0.1) is 0 Å². The lowest BCUT2D eigenvalue weighted by atomic mass is 9.97. The number of carbonyl (C=O) groups excluding carboxylic acids is 1. The van der Waals surface area contributed by atoms with Gasteiger partial charge in [0.15, 0.2) is 5.58 Å². The summed E-state index contributed by atoms with van der Waals surface area (Å²) in [7, 11) is 0. The predicted octanol–water partition coefficient (Wildman–Crippen LogP) is 3.82. The lowest BCUT2D eigenvalue weighted by Gasteiger charge is -2.11. The third-order valence-corrected chi connectivity index (χ3v) is 3.07. The number of benzene rings is 1. The van der Waals surface area contributed by atoms with Gasteiger partial charge in [0.05, 0.1) is 0 Å². The van der Waals surface area contributed by atoms with Crippen LogP contribution in [0.3, 0.4) is 0 Å². The summed E-state index contributed by atoms with van der Waals surface area (Å²) >= 11 is 0. The quantitative estimate of drug-likeness (QED) is 0.772. The molecule has 0 spiro atoms. The van der Waals surface area contributed by atoms with Crippen LogP contribution < -0.4 is 0 Å². The van der Waals surface area contributed by atoms with Crippen molar-refractivity contribution in [3.05, 3.63) is 29.7 Å². The second kappa shape index (κ2) is 4.56. The van der Waals surface area contributed by atoms with Gasteiger partial charge >= 0.3 is 0 Å². The Labute approximate surface area is 107 Å². The molecular formula is C15H19NO2. The van der Waals surface area contributed by atoms with Crippen LogP contribution >= 0.6 is 0 Å². The Bertz CT molecular complexity index is 563. The van der Waals surface area contributed by atoms with Crippen LogP contribution in [0.25, 0.3) is 11.1 Å². The zero-order valence-corrected chi connectivity index (χ0v) is 11.4. The molecule has 18 heavy (non-hydrogen) atoms. The van der Waals surface area contributed by atoms with Gasteiger partial charge in [0.2, 0.25) is 5.89 Å². The van der Waals surface area contributed by atoms with Crippen molar-refractivity contribution in [1.82, 2.24) is 4.98 Å².